The van der Waals surface area contributed by atoms with E-state index in [1.807, 2.05) is 13.0 Å². The summed E-state index contributed by atoms with van der Waals surface area (Å²) < 4.78 is 12.5. The van der Waals surface area contributed by atoms with E-state index in [-0.39, 0.29) is 66.5 Å². The molecular formula is C34H42ClN11O9. The quantitative estimate of drug-likeness (QED) is 0.0381. The number of nitrogen functional groups attached to an aromatic ring is 1. The van der Waals surface area contributed by atoms with Crippen LogP contribution in [0.3, 0.4) is 0 Å². The van der Waals surface area contributed by atoms with Gasteiger partial charge < -0.3 is 51.6 Å². The number of aromatic nitrogens is 4. The molecule has 2 aliphatic heterocycles. The van der Waals surface area contributed by atoms with Crippen molar-refractivity contribution in [3.8, 4) is 5.75 Å². The fraction of sp³-hybridized carbons (Fsp3) is 0.441. The lowest BCUT2D eigenvalue weighted by Crippen LogP contribution is -2.50. The summed E-state index contributed by atoms with van der Waals surface area (Å²) in [6, 6.07) is 3.55. The Labute approximate surface area is 318 Å². The number of H-pyrrole nitrogens is 1. The van der Waals surface area contributed by atoms with Gasteiger partial charge in [0.25, 0.3) is 16.4 Å². The number of piperazine rings is 1. The number of methoxy groups -OCH3 is 1. The molecule has 0 spiro atoms. The number of nitrogens with two attached hydrogens (primary N) is 1. The number of aryl methyl sites for hydroxylation is 1. The maximum Gasteiger partial charge on any atom is 0.280 e. The van der Waals surface area contributed by atoms with Crippen LogP contribution in [0.25, 0.3) is 11.2 Å². The molecule has 0 saturated carbocycles. The Morgan fingerprint density at radius 3 is 2.53 bits per heavy atom. The number of hydrogen-bond acceptors (Lipinski definition) is 16. The number of nitrogens with one attached hydrogen (secondary N) is 5. The smallest absolute Gasteiger partial charge is 0.280 e. The number of fused-ring (bicyclic) bond motifs is 1. The van der Waals surface area contributed by atoms with Crippen molar-refractivity contribution < 1.29 is 29.3 Å². The number of amides is 2. The molecular weight excluding hydrogens is 742 g/mol. The molecule has 2 fully saturated rings. The van der Waals surface area contributed by atoms with Crippen LogP contribution in [-0.2, 0) is 14.3 Å². The fourth-order valence-electron chi connectivity index (χ4n) is 6.36. The van der Waals surface area contributed by atoms with Crippen LogP contribution < -0.4 is 48.2 Å². The molecule has 20 nitrogen and oxygen atoms in total. The molecule has 6 rings (SSSR count). The summed E-state index contributed by atoms with van der Waals surface area (Å²) in [4.78, 5) is 76.2. The van der Waals surface area contributed by atoms with E-state index in [1.165, 1.54) is 17.0 Å². The van der Waals surface area contributed by atoms with Gasteiger partial charge in [-0.15, -0.1) is 0 Å². The SMILES string of the molecule is COc1cc(Cl)c(C)cc1NCC(=O)N1CCN(CC=CC(=O)NCCNc2c(NCC3OC(n4cnc5c(=O)[nH]c(N)nc54)C(O)C3O)c(=O)c2=O)CC1. The predicted octanol–water partition coefficient (Wildman–Crippen LogP) is -1.66. The number of halogens is 1. The van der Waals surface area contributed by atoms with Gasteiger partial charge in [0.15, 0.2) is 17.4 Å². The van der Waals surface area contributed by atoms with Gasteiger partial charge in [0, 0.05) is 69.5 Å². The molecule has 4 heterocycles. The third-order valence-corrected chi connectivity index (χ3v) is 9.85. The van der Waals surface area contributed by atoms with E-state index in [9.17, 15) is 34.2 Å². The third-order valence-electron chi connectivity index (χ3n) is 9.45. The van der Waals surface area contributed by atoms with Gasteiger partial charge in [-0.25, -0.2) is 4.98 Å². The zero-order valence-corrected chi connectivity index (χ0v) is 30.8. The lowest BCUT2D eigenvalue weighted by molar-refractivity contribution is -0.130. The molecule has 2 saturated heterocycles. The first-order valence-corrected chi connectivity index (χ1v) is 17.8. The molecule has 2 amide bonds. The van der Waals surface area contributed by atoms with E-state index in [4.69, 9.17) is 26.8 Å². The summed E-state index contributed by atoms with van der Waals surface area (Å²) in [6.07, 6.45) is -0.669. The summed E-state index contributed by atoms with van der Waals surface area (Å²) in [5.74, 6) is 0.0110. The van der Waals surface area contributed by atoms with Crippen molar-refractivity contribution >= 4 is 57.6 Å². The number of carbonyl (C=O) groups excluding carboxylic acids is 2. The zero-order chi connectivity index (χ0) is 39.4. The Kier molecular flexibility index (Phi) is 12.0. The summed E-state index contributed by atoms with van der Waals surface area (Å²) >= 11 is 6.17. The van der Waals surface area contributed by atoms with Crippen LogP contribution in [0.15, 0.2) is 45.0 Å². The fourth-order valence-corrected chi connectivity index (χ4v) is 6.52. The minimum Gasteiger partial charge on any atom is -0.495 e. The van der Waals surface area contributed by atoms with Gasteiger partial charge in [-0.3, -0.25) is 38.4 Å². The molecule has 55 heavy (non-hydrogen) atoms. The van der Waals surface area contributed by atoms with Crippen LogP contribution >= 0.6 is 11.6 Å². The predicted molar refractivity (Wildman–Crippen MR) is 203 cm³/mol. The first-order chi connectivity index (χ1) is 26.4. The summed E-state index contributed by atoms with van der Waals surface area (Å²) in [5, 5.41) is 33.4. The highest BCUT2D eigenvalue weighted by atomic mass is 35.5. The highest BCUT2D eigenvalue weighted by molar-refractivity contribution is 6.31. The van der Waals surface area contributed by atoms with Gasteiger partial charge >= 0.3 is 0 Å². The van der Waals surface area contributed by atoms with Crippen molar-refractivity contribution in [2.24, 2.45) is 0 Å². The first kappa shape index (κ1) is 39.2. The number of nitrogens with zero attached hydrogens (tertiary/aromatic N) is 5. The Bertz CT molecular complexity index is 2210. The number of carbonyl (C=O) groups is 2. The number of rotatable bonds is 15. The molecule has 2 aromatic carbocycles. The molecule has 0 aliphatic carbocycles. The number of aliphatic hydroxyl groups is 2. The van der Waals surface area contributed by atoms with Crippen LogP contribution in [0, 0.1) is 6.92 Å². The second-order valence-corrected chi connectivity index (χ2v) is 13.5. The standard InChI is InChI=1S/C34H42ClN11O9/c1-17-12-19(20(54-2)13-18(17)35)39-15-23(48)45-10-8-44(9-11-45)7-3-4-22(47)37-5-6-38-24-25(29(51)28(24)50)40-14-21-27(49)30(52)33(55-21)46-16-41-26-31(46)42-34(36)43-32(26)53/h3-4,12-13,16,21,27,30,33,38-40,49,52H,5-11,14-15H2,1-2H3,(H,37,47)(H3,36,42,43,53). The van der Waals surface area contributed by atoms with Crippen molar-refractivity contribution in [1.82, 2.24) is 34.6 Å². The van der Waals surface area contributed by atoms with Crippen molar-refractivity contribution in [3.63, 3.8) is 0 Å². The number of imidazole rings is 1. The lowest BCUT2D eigenvalue weighted by Gasteiger charge is -2.34. The number of aromatic amines is 1. The average molecular weight is 784 g/mol. The Balaban J connectivity index is 0.891. The molecule has 0 bridgehead atoms. The van der Waals surface area contributed by atoms with E-state index >= 15 is 0 Å². The minimum atomic E-state index is -1.44. The van der Waals surface area contributed by atoms with Crippen LogP contribution in [0.4, 0.5) is 23.0 Å². The lowest BCUT2D eigenvalue weighted by atomic mass is 10.1. The number of aliphatic hydroxyl groups excluding tert-OH is 2. The van der Waals surface area contributed by atoms with Crippen molar-refractivity contribution in [2.45, 2.75) is 31.5 Å². The Morgan fingerprint density at radius 2 is 1.80 bits per heavy atom. The highest BCUT2D eigenvalue weighted by Crippen LogP contribution is 2.32. The second kappa shape index (κ2) is 16.9. The van der Waals surface area contributed by atoms with Crippen LogP contribution in [-0.4, -0.2) is 136 Å². The molecule has 9 N–H and O–H groups in total. The topological polar surface area (TPSA) is 271 Å². The number of ether oxygens (including phenoxy) is 2. The van der Waals surface area contributed by atoms with Gasteiger partial charge in [0.2, 0.25) is 17.8 Å². The summed E-state index contributed by atoms with van der Waals surface area (Å²) in [7, 11) is 1.54. The normalized spacial score (nSPS) is 20.3. The van der Waals surface area contributed by atoms with Gasteiger partial charge in [0.05, 0.1) is 25.7 Å². The molecule has 4 aromatic rings. The van der Waals surface area contributed by atoms with Crippen LogP contribution in [0.5, 0.6) is 5.75 Å². The van der Waals surface area contributed by atoms with Crippen LogP contribution in [0.1, 0.15) is 11.8 Å². The van der Waals surface area contributed by atoms with E-state index in [1.54, 1.807) is 24.2 Å². The third kappa shape index (κ3) is 8.57. The minimum absolute atomic E-state index is 0.0195. The van der Waals surface area contributed by atoms with Crippen molar-refractivity contribution in [1.29, 1.82) is 0 Å². The molecule has 2 aliphatic rings. The molecule has 21 heteroatoms. The van der Waals surface area contributed by atoms with Crippen molar-refractivity contribution in [3.05, 3.63) is 72.0 Å². The largest absolute Gasteiger partial charge is 0.495 e. The van der Waals surface area contributed by atoms with E-state index in [0.717, 1.165) is 5.56 Å². The monoisotopic (exact) mass is 783 g/mol. The zero-order valence-electron chi connectivity index (χ0n) is 30.0. The number of anilines is 4. The van der Waals surface area contributed by atoms with Crippen LogP contribution in [0.2, 0.25) is 5.02 Å². The summed E-state index contributed by atoms with van der Waals surface area (Å²) in [6.45, 7) is 5.04. The van der Waals surface area contributed by atoms with Gasteiger partial charge in [-0.1, -0.05) is 17.7 Å². The summed E-state index contributed by atoms with van der Waals surface area (Å²) in [5.41, 5.74) is 5.12. The van der Waals surface area contributed by atoms with Gasteiger partial charge in [0.1, 0.15) is 35.4 Å². The van der Waals surface area contributed by atoms with E-state index in [2.05, 4.69) is 41.1 Å². The van der Waals surface area contributed by atoms with Gasteiger partial charge in [-0.2, -0.15) is 4.98 Å². The maximum atomic E-state index is 12.8. The highest BCUT2D eigenvalue weighted by Gasteiger charge is 2.44. The van der Waals surface area contributed by atoms with E-state index in [0.29, 0.717) is 49.2 Å². The molecule has 2 aromatic heterocycles. The second-order valence-electron chi connectivity index (χ2n) is 13.1. The first-order valence-electron chi connectivity index (χ1n) is 17.4. The Hall–Kier alpha value is -5.54. The number of hydrogen-bond donors (Lipinski definition) is 8. The van der Waals surface area contributed by atoms with Crippen molar-refractivity contribution in [2.75, 3.05) is 87.7 Å². The molecule has 4 atom stereocenters. The number of benzene rings is 1. The molecule has 4 unspecified atom stereocenters. The Morgan fingerprint density at radius 1 is 1.07 bits per heavy atom. The average Bonchev–Trinajstić information content (AvgIpc) is 3.71. The van der Waals surface area contributed by atoms with E-state index < -0.39 is 41.0 Å². The molecule has 0 radical (unpaired) electrons. The molecule has 294 valence electrons. The maximum absolute atomic E-state index is 12.8. The van der Waals surface area contributed by atoms with Gasteiger partial charge in [-0.05, 0) is 18.6 Å².